The summed E-state index contributed by atoms with van der Waals surface area (Å²) in [5, 5.41) is 16.7. The van der Waals surface area contributed by atoms with Gasteiger partial charge in [-0.25, -0.2) is 0 Å². The smallest absolute Gasteiger partial charge is 0.234 e. The van der Waals surface area contributed by atoms with Crippen molar-refractivity contribution in [3.05, 3.63) is 29.8 Å². The van der Waals surface area contributed by atoms with E-state index in [0.29, 0.717) is 25.4 Å². The second-order valence-electron chi connectivity index (χ2n) is 7.09. The lowest BCUT2D eigenvalue weighted by Crippen LogP contribution is -2.54. The molecule has 2 rings (SSSR count). The summed E-state index contributed by atoms with van der Waals surface area (Å²) in [6, 6.07) is 7.40. The van der Waals surface area contributed by atoms with E-state index in [-0.39, 0.29) is 12.5 Å². The van der Waals surface area contributed by atoms with Crippen LogP contribution in [0.4, 0.5) is 0 Å². The number of aliphatic hydroxyl groups excluding tert-OH is 1. The van der Waals surface area contributed by atoms with Crippen LogP contribution in [0.25, 0.3) is 0 Å². The van der Waals surface area contributed by atoms with E-state index >= 15 is 0 Å². The summed E-state index contributed by atoms with van der Waals surface area (Å²) in [4.78, 5) is 20.9. The first-order valence-corrected chi connectivity index (χ1v) is 10.4. The van der Waals surface area contributed by atoms with E-state index in [0.717, 1.165) is 44.2 Å². The molecule has 1 unspecified atom stereocenters. The van der Waals surface area contributed by atoms with Crippen LogP contribution in [0.1, 0.15) is 18.6 Å². The van der Waals surface area contributed by atoms with Crippen molar-refractivity contribution in [1.82, 2.24) is 20.4 Å². The third-order valence-corrected chi connectivity index (χ3v) is 4.89. The Labute approximate surface area is 179 Å². The second-order valence-corrected chi connectivity index (χ2v) is 7.09. The van der Waals surface area contributed by atoms with E-state index in [1.807, 2.05) is 31.2 Å². The quantitative estimate of drug-likeness (QED) is 0.279. The van der Waals surface area contributed by atoms with Crippen LogP contribution in [0.3, 0.4) is 0 Å². The van der Waals surface area contributed by atoms with Crippen LogP contribution in [0, 0.1) is 0 Å². The van der Waals surface area contributed by atoms with Gasteiger partial charge in [0.2, 0.25) is 5.91 Å². The Balaban J connectivity index is 1.86. The molecule has 1 aliphatic rings. The highest BCUT2D eigenvalue weighted by atomic mass is 16.5. The standard InChI is InChI=1S/C21H35N5O4/c1-4-22-21(24-15-19(27)17-6-5-7-18(14-17)30-3)26-11-9-25(10-12-26)16-20(28)23-8-13-29-2/h5-7,14,19,27H,4,8-13,15-16H2,1-3H3,(H,22,24)(H,23,28). The van der Waals surface area contributed by atoms with Gasteiger partial charge in [-0.1, -0.05) is 12.1 Å². The predicted molar refractivity (Wildman–Crippen MR) is 117 cm³/mol. The molecule has 1 aromatic rings. The minimum atomic E-state index is -0.703. The number of carbonyl (C=O) groups excluding carboxylic acids is 1. The zero-order valence-electron chi connectivity index (χ0n) is 18.3. The van der Waals surface area contributed by atoms with Crippen LogP contribution in [0.5, 0.6) is 5.75 Å². The summed E-state index contributed by atoms with van der Waals surface area (Å²) < 4.78 is 10.2. The van der Waals surface area contributed by atoms with E-state index in [1.165, 1.54) is 0 Å². The number of piperazine rings is 1. The molecule has 30 heavy (non-hydrogen) atoms. The molecular formula is C21H35N5O4. The van der Waals surface area contributed by atoms with Gasteiger partial charge < -0.3 is 30.1 Å². The van der Waals surface area contributed by atoms with Crippen molar-refractivity contribution in [1.29, 1.82) is 0 Å². The van der Waals surface area contributed by atoms with Crippen molar-refractivity contribution in [3.63, 3.8) is 0 Å². The van der Waals surface area contributed by atoms with Gasteiger partial charge in [0.25, 0.3) is 0 Å². The summed E-state index contributed by atoms with van der Waals surface area (Å²) in [7, 11) is 3.22. The first kappa shape index (κ1) is 23.9. The molecule has 1 fully saturated rings. The van der Waals surface area contributed by atoms with E-state index in [1.54, 1.807) is 14.2 Å². The number of hydrogen-bond donors (Lipinski definition) is 3. The topological polar surface area (TPSA) is 98.7 Å². The molecule has 1 heterocycles. The number of nitrogens with zero attached hydrogens (tertiary/aromatic N) is 3. The highest BCUT2D eigenvalue weighted by Gasteiger charge is 2.21. The van der Waals surface area contributed by atoms with Crippen molar-refractivity contribution >= 4 is 11.9 Å². The molecule has 1 aliphatic heterocycles. The number of amides is 1. The highest BCUT2D eigenvalue weighted by molar-refractivity contribution is 5.80. The zero-order valence-corrected chi connectivity index (χ0v) is 18.3. The van der Waals surface area contributed by atoms with Crippen molar-refractivity contribution in [2.75, 3.05) is 73.2 Å². The molecule has 9 heteroatoms. The Kier molecular flexibility index (Phi) is 10.4. The molecule has 0 radical (unpaired) electrons. The molecule has 0 spiro atoms. The van der Waals surface area contributed by atoms with Gasteiger partial charge in [-0.3, -0.25) is 14.7 Å². The van der Waals surface area contributed by atoms with Crippen LogP contribution in [-0.2, 0) is 9.53 Å². The largest absolute Gasteiger partial charge is 0.497 e. The van der Waals surface area contributed by atoms with E-state index in [2.05, 4.69) is 25.4 Å². The SMILES string of the molecule is CCNC(=NCC(O)c1cccc(OC)c1)N1CCN(CC(=O)NCCOC)CC1. The minimum absolute atomic E-state index is 0.0162. The number of benzene rings is 1. The van der Waals surface area contributed by atoms with Crippen molar-refractivity contribution in [3.8, 4) is 5.75 Å². The maximum atomic E-state index is 12.0. The fourth-order valence-electron chi connectivity index (χ4n) is 3.22. The van der Waals surface area contributed by atoms with E-state index in [9.17, 15) is 9.90 Å². The van der Waals surface area contributed by atoms with Crippen LogP contribution < -0.4 is 15.4 Å². The molecule has 0 aromatic heterocycles. The first-order valence-electron chi connectivity index (χ1n) is 10.4. The Morgan fingerprint density at radius 2 is 2.00 bits per heavy atom. The lowest BCUT2D eigenvalue weighted by atomic mass is 10.1. The average molecular weight is 422 g/mol. The van der Waals surface area contributed by atoms with Crippen LogP contribution in [-0.4, -0.2) is 100.0 Å². The Hall–Kier alpha value is -2.36. The summed E-state index contributed by atoms with van der Waals surface area (Å²) in [5.74, 6) is 1.51. The molecule has 3 N–H and O–H groups in total. The number of nitrogens with one attached hydrogen (secondary N) is 2. The molecule has 0 saturated carbocycles. The number of guanidine groups is 1. The summed E-state index contributed by atoms with van der Waals surface area (Å²) in [6.07, 6.45) is -0.703. The van der Waals surface area contributed by atoms with Gasteiger partial charge in [-0.05, 0) is 24.6 Å². The molecule has 9 nitrogen and oxygen atoms in total. The summed E-state index contributed by atoms with van der Waals surface area (Å²) >= 11 is 0. The number of rotatable bonds is 10. The van der Waals surface area contributed by atoms with Crippen molar-refractivity contribution in [2.24, 2.45) is 4.99 Å². The summed E-state index contributed by atoms with van der Waals surface area (Å²) in [5.41, 5.74) is 0.776. The molecule has 1 amide bonds. The molecule has 1 aromatic carbocycles. The number of aliphatic imine (C=N–C) groups is 1. The van der Waals surface area contributed by atoms with Gasteiger partial charge in [0.15, 0.2) is 5.96 Å². The first-order chi connectivity index (χ1) is 14.6. The van der Waals surface area contributed by atoms with Gasteiger partial charge in [0, 0.05) is 46.4 Å². The fourth-order valence-corrected chi connectivity index (χ4v) is 3.22. The van der Waals surface area contributed by atoms with Gasteiger partial charge in [-0.2, -0.15) is 0 Å². The zero-order chi connectivity index (χ0) is 21.8. The second kappa shape index (κ2) is 13.0. The number of methoxy groups -OCH3 is 2. The lowest BCUT2D eigenvalue weighted by Gasteiger charge is -2.36. The van der Waals surface area contributed by atoms with E-state index < -0.39 is 6.10 Å². The third kappa shape index (κ3) is 7.81. The fraction of sp³-hybridized carbons (Fsp3) is 0.619. The summed E-state index contributed by atoms with van der Waals surface area (Å²) in [6.45, 7) is 7.56. The Bertz CT molecular complexity index is 677. The normalized spacial score (nSPS) is 16.3. The number of ether oxygens (including phenoxy) is 2. The molecule has 0 aliphatic carbocycles. The van der Waals surface area contributed by atoms with Crippen LogP contribution in [0.15, 0.2) is 29.3 Å². The minimum Gasteiger partial charge on any atom is -0.497 e. The van der Waals surface area contributed by atoms with Gasteiger partial charge in [0.05, 0.1) is 32.9 Å². The lowest BCUT2D eigenvalue weighted by molar-refractivity contribution is -0.122. The van der Waals surface area contributed by atoms with Crippen LogP contribution >= 0.6 is 0 Å². The predicted octanol–water partition coefficient (Wildman–Crippen LogP) is 0.0743. The van der Waals surface area contributed by atoms with Gasteiger partial charge in [0.1, 0.15) is 5.75 Å². The Morgan fingerprint density at radius 1 is 1.23 bits per heavy atom. The number of carbonyl (C=O) groups is 1. The van der Waals surface area contributed by atoms with Crippen molar-refractivity contribution in [2.45, 2.75) is 13.0 Å². The maximum Gasteiger partial charge on any atom is 0.234 e. The maximum absolute atomic E-state index is 12.0. The molecule has 1 atom stereocenters. The van der Waals surface area contributed by atoms with Crippen molar-refractivity contribution < 1.29 is 19.4 Å². The molecule has 1 saturated heterocycles. The molecular weight excluding hydrogens is 386 g/mol. The van der Waals surface area contributed by atoms with E-state index in [4.69, 9.17) is 9.47 Å². The van der Waals surface area contributed by atoms with Gasteiger partial charge in [-0.15, -0.1) is 0 Å². The molecule has 0 bridgehead atoms. The Morgan fingerprint density at radius 3 is 2.67 bits per heavy atom. The molecule has 168 valence electrons. The monoisotopic (exact) mass is 421 g/mol. The number of aliphatic hydroxyl groups is 1. The van der Waals surface area contributed by atoms with Gasteiger partial charge >= 0.3 is 0 Å². The third-order valence-electron chi connectivity index (χ3n) is 4.89. The number of hydrogen-bond acceptors (Lipinski definition) is 6. The highest BCUT2D eigenvalue weighted by Crippen LogP contribution is 2.19. The average Bonchev–Trinajstić information content (AvgIpc) is 2.77. The van der Waals surface area contributed by atoms with Crippen LogP contribution in [0.2, 0.25) is 0 Å².